The van der Waals surface area contributed by atoms with Crippen LogP contribution in [0.1, 0.15) is 19.8 Å². The minimum atomic E-state index is 0.261. The van der Waals surface area contributed by atoms with Crippen LogP contribution in [0.3, 0.4) is 0 Å². The summed E-state index contributed by atoms with van der Waals surface area (Å²) < 4.78 is 0. The van der Waals surface area contributed by atoms with Gasteiger partial charge in [-0.2, -0.15) is 15.0 Å². The standard InChI is InChI=1S/C11H18ClN5/c1-8-4-6-17(7-5-8)11-14-9(12)13-10(15-11)16(2)3/h8H,4-7H2,1-3H3. The van der Waals surface area contributed by atoms with E-state index in [0.29, 0.717) is 11.9 Å². The number of halogens is 1. The van der Waals surface area contributed by atoms with E-state index in [0.717, 1.165) is 19.0 Å². The summed E-state index contributed by atoms with van der Waals surface area (Å²) >= 11 is 5.93. The normalized spacial score (nSPS) is 17.3. The van der Waals surface area contributed by atoms with Crippen LogP contribution in [0.15, 0.2) is 0 Å². The molecule has 5 nitrogen and oxygen atoms in total. The minimum absolute atomic E-state index is 0.261. The van der Waals surface area contributed by atoms with Crippen molar-refractivity contribution in [2.24, 2.45) is 5.92 Å². The van der Waals surface area contributed by atoms with Crippen LogP contribution in [0.4, 0.5) is 11.9 Å². The monoisotopic (exact) mass is 255 g/mol. The lowest BCUT2D eigenvalue weighted by Crippen LogP contribution is -2.34. The van der Waals surface area contributed by atoms with Gasteiger partial charge in [0, 0.05) is 27.2 Å². The zero-order valence-corrected chi connectivity index (χ0v) is 11.3. The fraction of sp³-hybridized carbons (Fsp3) is 0.727. The lowest BCUT2D eigenvalue weighted by Gasteiger charge is -2.30. The second kappa shape index (κ2) is 5.04. The second-order valence-corrected chi connectivity index (χ2v) is 5.11. The first kappa shape index (κ1) is 12.4. The summed E-state index contributed by atoms with van der Waals surface area (Å²) in [5.74, 6) is 2.09. The van der Waals surface area contributed by atoms with Gasteiger partial charge in [-0.3, -0.25) is 0 Å². The maximum atomic E-state index is 5.93. The molecular weight excluding hydrogens is 238 g/mol. The Kier molecular flexibility index (Phi) is 3.66. The van der Waals surface area contributed by atoms with Crippen LogP contribution in [0.2, 0.25) is 5.28 Å². The van der Waals surface area contributed by atoms with Gasteiger partial charge in [0.25, 0.3) is 0 Å². The van der Waals surface area contributed by atoms with E-state index < -0.39 is 0 Å². The Balaban J connectivity index is 2.20. The fourth-order valence-corrected chi connectivity index (χ4v) is 2.03. The van der Waals surface area contributed by atoms with E-state index >= 15 is 0 Å². The molecule has 0 N–H and O–H groups in total. The van der Waals surface area contributed by atoms with Gasteiger partial charge in [0.15, 0.2) is 0 Å². The van der Waals surface area contributed by atoms with Gasteiger partial charge in [0.1, 0.15) is 0 Å². The van der Waals surface area contributed by atoms with E-state index in [9.17, 15) is 0 Å². The molecule has 0 unspecified atom stereocenters. The number of hydrogen-bond donors (Lipinski definition) is 0. The summed E-state index contributed by atoms with van der Waals surface area (Å²) in [6, 6.07) is 0. The van der Waals surface area contributed by atoms with Crippen molar-refractivity contribution in [1.82, 2.24) is 15.0 Å². The molecular formula is C11H18ClN5. The minimum Gasteiger partial charge on any atom is -0.347 e. The Morgan fingerprint density at radius 2 is 1.82 bits per heavy atom. The highest BCUT2D eigenvalue weighted by molar-refractivity contribution is 6.28. The topological polar surface area (TPSA) is 45.2 Å². The summed E-state index contributed by atoms with van der Waals surface area (Å²) in [4.78, 5) is 16.7. The Morgan fingerprint density at radius 1 is 1.18 bits per heavy atom. The Morgan fingerprint density at radius 3 is 2.41 bits per heavy atom. The Bertz CT molecular complexity index is 387. The third-order valence-electron chi connectivity index (χ3n) is 3.05. The molecule has 1 aromatic rings. The highest BCUT2D eigenvalue weighted by Crippen LogP contribution is 2.22. The van der Waals surface area contributed by atoms with Gasteiger partial charge in [-0.15, -0.1) is 0 Å². The van der Waals surface area contributed by atoms with Crippen LogP contribution in [-0.2, 0) is 0 Å². The van der Waals surface area contributed by atoms with Gasteiger partial charge in [0.05, 0.1) is 0 Å². The largest absolute Gasteiger partial charge is 0.347 e. The molecule has 6 heteroatoms. The molecule has 0 spiro atoms. The molecule has 2 rings (SSSR count). The predicted molar refractivity (Wildman–Crippen MR) is 69.8 cm³/mol. The average molecular weight is 256 g/mol. The summed E-state index contributed by atoms with van der Waals surface area (Å²) in [5.41, 5.74) is 0. The van der Waals surface area contributed by atoms with Crippen LogP contribution in [0, 0.1) is 5.92 Å². The van der Waals surface area contributed by atoms with E-state index in [-0.39, 0.29) is 5.28 Å². The lowest BCUT2D eigenvalue weighted by atomic mass is 10.00. The van der Waals surface area contributed by atoms with Crippen molar-refractivity contribution in [3.05, 3.63) is 5.28 Å². The molecule has 94 valence electrons. The molecule has 1 fully saturated rings. The van der Waals surface area contributed by atoms with Crippen molar-refractivity contribution >= 4 is 23.5 Å². The molecule has 1 aliphatic rings. The molecule has 0 saturated carbocycles. The zero-order valence-electron chi connectivity index (χ0n) is 10.5. The maximum Gasteiger partial charge on any atom is 0.231 e. The van der Waals surface area contributed by atoms with E-state index in [4.69, 9.17) is 11.6 Å². The molecule has 0 amide bonds. The van der Waals surface area contributed by atoms with Crippen LogP contribution < -0.4 is 9.80 Å². The van der Waals surface area contributed by atoms with Gasteiger partial charge >= 0.3 is 0 Å². The number of nitrogens with zero attached hydrogens (tertiary/aromatic N) is 5. The van der Waals surface area contributed by atoms with Crippen molar-refractivity contribution in [2.45, 2.75) is 19.8 Å². The lowest BCUT2D eigenvalue weighted by molar-refractivity contribution is 0.434. The molecule has 2 heterocycles. The molecule has 17 heavy (non-hydrogen) atoms. The highest BCUT2D eigenvalue weighted by atomic mass is 35.5. The van der Waals surface area contributed by atoms with Crippen molar-refractivity contribution in [1.29, 1.82) is 0 Å². The second-order valence-electron chi connectivity index (χ2n) is 4.77. The average Bonchev–Trinajstić information content (AvgIpc) is 2.29. The number of piperidine rings is 1. The van der Waals surface area contributed by atoms with E-state index in [1.807, 2.05) is 19.0 Å². The van der Waals surface area contributed by atoms with Crippen molar-refractivity contribution in [3.8, 4) is 0 Å². The highest BCUT2D eigenvalue weighted by Gasteiger charge is 2.19. The van der Waals surface area contributed by atoms with Crippen molar-refractivity contribution < 1.29 is 0 Å². The summed E-state index contributed by atoms with van der Waals surface area (Å²) in [5, 5.41) is 0.261. The van der Waals surface area contributed by atoms with E-state index in [1.165, 1.54) is 12.8 Å². The summed E-state index contributed by atoms with van der Waals surface area (Å²) in [7, 11) is 3.79. The summed E-state index contributed by atoms with van der Waals surface area (Å²) in [6.07, 6.45) is 2.36. The van der Waals surface area contributed by atoms with Gasteiger partial charge in [-0.05, 0) is 30.4 Å². The molecule has 1 aliphatic heterocycles. The van der Waals surface area contributed by atoms with Gasteiger partial charge in [-0.25, -0.2) is 0 Å². The number of anilines is 2. The number of hydrogen-bond acceptors (Lipinski definition) is 5. The molecule has 0 bridgehead atoms. The van der Waals surface area contributed by atoms with Crippen LogP contribution in [-0.4, -0.2) is 42.1 Å². The first-order valence-corrected chi connectivity index (χ1v) is 6.28. The Labute approximate surface area is 107 Å². The Hall–Kier alpha value is -1.10. The summed E-state index contributed by atoms with van der Waals surface area (Å²) in [6.45, 7) is 4.27. The third-order valence-corrected chi connectivity index (χ3v) is 3.22. The molecule has 1 aromatic heterocycles. The quantitative estimate of drug-likeness (QED) is 0.807. The fourth-order valence-electron chi connectivity index (χ4n) is 1.88. The number of aromatic nitrogens is 3. The van der Waals surface area contributed by atoms with E-state index in [1.54, 1.807) is 0 Å². The number of rotatable bonds is 2. The first-order chi connectivity index (χ1) is 8.06. The van der Waals surface area contributed by atoms with Gasteiger partial charge < -0.3 is 9.80 Å². The van der Waals surface area contributed by atoms with E-state index in [2.05, 4.69) is 26.8 Å². The molecule has 0 aromatic carbocycles. The van der Waals surface area contributed by atoms with Crippen LogP contribution in [0.5, 0.6) is 0 Å². The van der Waals surface area contributed by atoms with Gasteiger partial charge in [-0.1, -0.05) is 6.92 Å². The van der Waals surface area contributed by atoms with Crippen LogP contribution in [0.25, 0.3) is 0 Å². The molecule has 0 aliphatic carbocycles. The predicted octanol–water partition coefficient (Wildman–Crippen LogP) is 1.83. The molecule has 1 saturated heterocycles. The third kappa shape index (κ3) is 2.97. The zero-order chi connectivity index (χ0) is 12.4. The van der Waals surface area contributed by atoms with Crippen LogP contribution >= 0.6 is 11.6 Å². The van der Waals surface area contributed by atoms with Crippen molar-refractivity contribution in [3.63, 3.8) is 0 Å². The first-order valence-electron chi connectivity index (χ1n) is 5.90. The van der Waals surface area contributed by atoms with Crippen molar-refractivity contribution in [2.75, 3.05) is 37.0 Å². The molecule has 0 atom stereocenters. The smallest absolute Gasteiger partial charge is 0.231 e. The molecule has 0 radical (unpaired) electrons. The SMILES string of the molecule is CC1CCN(c2nc(Cl)nc(N(C)C)n2)CC1. The maximum absolute atomic E-state index is 5.93. The van der Waals surface area contributed by atoms with Gasteiger partial charge in [0.2, 0.25) is 17.2 Å².